The van der Waals surface area contributed by atoms with Crippen LogP contribution in [0.2, 0.25) is 0 Å². The van der Waals surface area contributed by atoms with Crippen LogP contribution in [0, 0.1) is 0 Å². The summed E-state index contributed by atoms with van der Waals surface area (Å²) in [7, 11) is 3.05. The van der Waals surface area contributed by atoms with Gasteiger partial charge in [0.25, 0.3) is 0 Å². The van der Waals surface area contributed by atoms with Crippen LogP contribution in [0.25, 0.3) is 0 Å². The van der Waals surface area contributed by atoms with E-state index in [0.29, 0.717) is 6.04 Å². The van der Waals surface area contributed by atoms with Crippen molar-refractivity contribution in [1.29, 1.82) is 0 Å². The Labute approximate surface area is 106 Å². The van der Waals surface area contributed by atoms with E-state index in [9.17, 15) is 0 Å². The number of hydrogen-bond acceptors (Lipinski definition) is 6. The fourth-order valence-corrected chi connectivity index (χ4v) is 2.24. The third-order valence-electron chi connectivity index (χ3n) is 2.73. The lowest BCUT2D eigenvalue weighted by Crippen LogP contribution is -2.31. The monoisotopic (exact) mass is 265 g/mol. The fraction of sp³-hybridized carbons (Fsp3) is 1.00. The summed E-state index contributed by atoms with van der Waals surface area (Å²) in [4.78, 5) is 2.40. The molecule has 1 rings (SSSR count). The Morgan fingerprint density at radius 3 is 1.88 bits per heavy atom. The Bertz CT molecular complexity index is 179. The Morgan fingerprint density at radius 1 is 1.24 bits per heavy atom. The first kappa shape index (κ1) is 17.0. The van der Waals surface area contributed by atoms with Gasteiger partial charge >= 0.3 is 9.53 Å². The van der Waals surface area contributed by atoms with E-state index in [1.54, 1.807) is 21.3 Å². The molecule has 0 radical (unpaired) electrons. The molecule has 1 saturated heterocycles. The molecule has 0 bridgehead atoms. The molecule has 4 N–H and O–H groups in total. The van der Waals surface area contributed by atoms with Crippen molar-refractivity contribution in [2.24, 2.45) is 11.5 Å². The SMILES string of the molecule is CC1CN1C(CN)CCN.CO[SiH](OC)OC. The van der Waals surface area contributed by atoms with Gasteiger partial charge in [0.2, 0.25) is 0 Å². The van der Waals surface area contributed by atoms with Gasteiger partial charge < -0.3 is 24.7 Å². The third-order valence-corrected chi connectivity index (χ3v) is 3.88. The standard InChI is InChI=1S/C7H17N3.C3H10O3Si/c1-6-5-10(6)7(4-9)2-3-8;1-4-7(5-2)6-3/h6-7H,2-5,8-9H2,1H3;7H,1-3H3. The molecule has 1 fully saturated rings. The van der Waals surface area contributed by atoms with Gasteiger partial charge in [-0.25, -0.2) is 0 Å². The second kappa shape index (κ2) is 9.95. The summed E-state index contributed by atoms with van der Waals surface area (Å²) in [6.45, 7) is 4.94. The Kier molecular flexibility index (Phi) is 9.94. The molecule has 3 unspecified atom stereocenters. The number of nitrogens with zero attached hydrogens (tertiary/aromatic N) is 1. The van der Waals surface area contributed by atoms with E-state index in [2.05, 4.69) is 11.8 Å². The molecule has 0 aromatic carbocycles. The molecule has 17 heavy (non-hydrogen) atoms. The molecule has 0 saturated carbocycles. The first-order valence-electron chi connectivity index (χ1n) is 5.88. The van der Waals surface area contributed by atoms with E-state index in [4.69, 9.17) is 24.7 Å². The topological polar surface area (TPSA) is 82.7 Å². The maximum Gasteiger partial charge on any atom is 0.483 e. The van der Waals surface area contributed by atoms with Crippen LogP contribution in [0.3, 0.4) is 0 Å². The highest BCUT2D eigenvalue weighted by atomic mass is 28.3. The van der Waals surface area contributed by atoms with Gasteiger partial charge in [-0.1, -0.05) is 0 Å². The number of nitrogens with two attached hydrogens (primary N) is 2. The van der Waals surface area contributed by atoms with Crippen LogP contribution in [0.4, 0.5) is 0 Å². The van der Waals surface area contributed by atoms with Gasteiger partial charge in [0.05, 0.1) is 0 Å². The van der Waals surface area contributed by atoms with E-state index < -0.39 is 9.53 Å². The minimum atomic E-state index is -1.67. The summed E-state index contributed by atoms with van der Waals surface area (Å²) < 4.78 is 14.2. The molecule has 1 heterocycles. The van der Waals surface area contributed by atoms with Crippen molar-refractivity contribution in [2.75, 3.05) is 41.0 Å². The zero-order valence-corrected chi connectivity index (χ0v) is 12.5. The van der Waals surface area contributed by atoms with Crippen LogP contribution < -0.4 is 11.5 Å². The lowest BCUT2D eigenvalue weighted by Gasteiger charge is -2.14. The van der Waals surface area contributed by atoms with Gasteiger partial charge in [-0.3, -0.25) is 4.90 Å². The molecular formula is C10H27N3O3Si. The minimum absolute atomic E-state index is 0.542. The van der Waals surface area contributed by atoms with Crippen LogP contribution in [0.15, 0.2) is 0 Å². The second-order valence-corrected chi connectivity index (χ2v) is 6.00. The van der Waals surface area contributed by atoms with Crippen molar-refractivity contribution in [3.63, 3.8) is 0 Å². The first-order chi connectivity index (χ1) is 8.14. The quantitative estimate of drug-likeness (QED) is 0.454. The van der Waals surface area contributed by atoms with Crippen molar-refractivity contribution in [2.45, 2.75) is 25.4 Å². The number of hydrogen-bond donors (Lipinski definition) is 2. The Balaban J connectivity index is 0.000000325. The van der Waals surface area contributed by atoms with Gasteiger partial charge in [-0.15, -0.1) is 0 Å². The van der Waals surface area contributed by atoms with Crippen molar-refractivity contribution < 1.29 is 13.3 Å². The smallest absolute Gasteiger partial charge is 0.379 e. The molecule has 0 aromatic heterocycles. The Hall–Kier alpha value is -0.0231. The lowest BCUT2D eigenvalue weighted by molar-refractivity contribution is 0.163. The largest absolute Gasteiger partial charge is 0.483 e. The highest BCUT2D eigenvalue weighted by Crippen LogP contribution is 2.21. The van der Waals surface area contributed by atoms with Crippen LogP contribution in [0.1, 0.15) is 13.3 Å². The molecule has 104 valence electrons. The lowest BCUT2D eigenvalue weighted by atomic mass is 10.2. The van der Waals surface area contributed by atoms with Crippen molar-refractivity contribution in [1.82, 2.24) is 4.90 Å². The molecule has 0 spiro atoms. The summed E-state index contributed by atoms with van der Waals surface area (Å²) in [5.41, 5.74) is 11.0. The van der Waals surface area contributed by atoms with Gasteiger partial charge in [0.1, 0.15) is 0 Å². The van der Waals surface area contributed by atoms with Crippen LogP contribution in [-0.4, -0.2) is 67.5 Å². The van der Waals surface area contributed by atoms with E-state index in [1.807, 2.05) is 0 Å². The molecule has 6 nitrogen and oxygen atoms in total. The summed E-state index contributed by atoms with van der Waals surface area (Å²) in [6, 6.07) is 1.29. The van der Waals surface area contributed by atoms with Crippen LogP contribution in [0.5, 0.6) is 0 Å². The summed E-state index contributed by atoms with van der Waals surface area (Å²) in [5, 5.41) is 0. The first-order valence-corrected chi connectivity index (χ1v) is 7.30. The van der Waals surface area contributed by atoms with Gasteiger partial charge in [-0.05, 0) is 19.9 Å². The predicted octanol–water partition coefficient (Wildman–Crippen LogP) is -0.991. The molecular weight excluding hydrogens is 238 g/mol. The fourth-order valence-electron chi connectivity index (χ4n) is 1.67. The minimum Gasteiger partial charge on any atom is -0.379 e. The van der Waals surface area contributed by atoms with E-state index in [0.717, 1.165) is 25.6 Å². The van der Waals surface area contributed by atoms with Crippen molar-refractivity contribution in [3.05, 3.63) is 0 Å². The highest BCUT2D eigenvalue weighted by Gasteiger charge is 2.34. The predicted molar refractivity (Wildman–Crippen MR) is 70.9 cm³/mol. The van der Waals surface area contributed by atoms with Crippen LogP contribution in [-0.2, 0) is 13.3 Å². The molecule has 1 aliphatic rings. The Morgan fingerprint density at radius 2 is 1.71 bits per heavy atom. The average molecular weight is 265 g/mol. The second-order valence-electron chi connectivity index (χ2n) is 4.01. The van der Waals surface area contributed by atoms with Gasteiger partial charge in [-0.2, -0.15) is 0 Å². The highest BCUT2D eigenvalue weighted by molar-refractivity contribution is 6.36. The summed E-state index contributed by atoms with van der Waals surface area (Å²) in [5.74, 6) is 0. The normalized spacial score (nSPS) is 24.2. The molecule has 0 aromatic rings. The summed E-state index contributed by atoms with van der Waals surface area (Å²) in [6.07, 6.45) is 1.04. The van der Waals surface area contributed by atoms with E-state index in [1.165, 1.54) is 6.54 Å². The van der Waals surface area contributed by atoms with Crippen LogP contribution >= 0.6 is 0 Å². The third kappa shape index (κ3) is 7.09. The van der Waals surface area contributed by atoms with Gasteiger partial charge in [0, 0.05) is 46.5 Å². The average Bonchev–Trinajstić information content (AvgIpc) is 3.06. The summed E-state index contributed by atoms with van der Waals surface area (Å²) >= 11 is 0. The molecule has 3 atom stereocenters. The maximum atomic E-state index is 5.56. The zero-order valence-electron chi connectivity index (χ0n) is 11.4. The molecule has 7 heteroatoms. The van der Waals surface area contributed by atoms with E-state index in [-0.39, 0.29) is 0 Å². The molecule has 0 amide bonds. The maximum absolute atomic E-state index is 5.56. The zero-order chi connectivity index (χ0) is 13.3. The van der Waals surface area contributed by atoms with Crippen molar-refractivity contribution >= 4 is 9.53 Å². The molecule has 1 aliphatic heterocycles. The molecule has 0 aliphatic carbocycles. The number of rotatable bonds is 7. The van der Waals surface area contributed by atoms with E-state index >= 15 is 0 Å². The van der Waals surface area contributed by atoms with Gasteiger partial charge in [0.15, 0.2) is 0 Å². The van der Waals surface area contributed by atoms with Crippen molar-refractivity contribution in [3.8, 4) is 0 Å².